The lowest BCUT2D eigenvalue weighted by Crippen LogP contribution is -2.01. The molecule has 2 rings (SSSR count). The summed E-state index contributed by atoms with van der Waals surface area (Å²) >= 11 is 12.2. The molecule has 0 saturated carbocycles. The minimum absolute atomic E-state index is 0.464. The first-order valence-electron chi connectivity index (χ1n) is 5.54. The molecule has 0 saturated heterocycles. The number of nitrogens with one attached hydrogen (secondary N) is 1. The largest absolute Gasteiger partial charge is 0.481 e. The molecule has 1 aromatic heterocycles. The zero-order chi connectivity index (χ0) is 14.0. The molecule has 0 unspecified atom stereocenters. The summed E-state index contributed by atoms with van der Waals surface area (Å²) < 4.78 is 5.05. The van der Waals surface area contributed by atoms with Crippen LogP contribution in [-0.4, -0.2) is 12.1 Å². The Hall–Kier alpha value is -1.65. The van der Waals surface area contributed by atoms with Gasteiger partial charge in [-0.2, -0.15) is 4.98 Å². The van der Waals surface area contributed by atoms with E-state index in [1.54, 1.807) is 24.3 Å². The fourth-order valence-corrected chi connectivity index (χ4v) is 1.96. The van der Waals surface area contributed by atoms with E-state index in [9.17, 15) is 0 Å². The number of aromatic nitrogens is 1. The van der Waals surface area contributed by atoms with Gasteiger partial charge in [0, 0.05) is 11.1 Å². The van der Waals surface area contributed by atoms with Gasteiger partial charge < -0.3 is 15.8 Å². The summed E-state index contributed by atoms with van der Waals surface area (Å²) in [6.45, 7) is 1.89. The highest BCUT2D eigenvalue weighted by molar-refractivity contribution is 6.35. The Labute approximate surface area is 121 Å². The lowest BCUT2D eigenvalue weighted by atomic mass is 10.2. The quantitative estimate of drug-likeness (QED) is 0.898. The van der Waals surface area contributed by atoms with Gasteiger partial charge in [0.2, 0.25) is 5.88 Å². The molecule has 0 spiro atoms. The molecule has 0 fully saturated rings. The molecule has 6 heteroatoms. The van der Waals surface area contributed by atoms with Crippen molar-refractivity contribution in [2.24, 2.45) is 0 Å². The third kappa shape index (κ3) is 3.03. The average molecular weight is 298 g/mol. The Morgan fingerprint density at radius 1 is 1.21 bits per heavy atom. The van der Waals surface area contributed by atoms with E-state index in [1.165, 1.54) is 7.11 Å². The minimum atomic E-state index is 0.464. The van der Waals surface area contributed by atoms with Crippen LogP contribution in [0.15, 0.2) is 24.3 Å². The van der Waals surface area contributed by atoms with Gasteiger partial charge in [-0.05, 0) is 30.7 Å². The summed E-state index contributed by atoms with van der Waals surface area (Å²) in [6.07, 6.45) is 0. The number of ether oxygens (including phenoxy) is 1. The van der Waals surface area contributed by atoms with Crippen molar-refractivity contribution in [3.63, 3.8) is 0 Å². The summed E-state index contributed by atoms with van der Waals surface area (Å²) in [5, 5.41) is 4.22. The van der Waals surface area contributed by atoms with Crippen LogP contribution in [0.4, 0.5) is 17.2 Å². The molecule has 0 atom stereocenters. The summed E-state index contributed by atoms with van der Waals surface area (Å²) in [7, 11) is 1.54. The number of nitrogen functional groups attached to an aromatic ring is 1. The van der Waals surface area contributed by atoms with E-state index in [2.05, 4.69) is 10.3 Å². The van der Waals surface area contributed by atoms with Crippen molar-refractivity contribution in [1.29, 1.82) is 0 Å². The van der Waals surface area contributed by atoms with Gasteiger partial charge >= 0.3 is 0 Å². The van der Waals surface area contributed by atoms with Crippen molar-refractivity contribution in [2.75, 3.05) is 18.2 Å². The van der Waals surface area contributed by atoms with Crippen molar-refractivity contribution in [3.8, 4) is 5.88 Å². The maximum Gasteiger partial charge on any atom is 0.215 e. The number of hydrogen-bond acceptors (Lipinski definition) is 4. The predicted octanol–water partition coefficient (Wildman–Crippen LogP) is 4.03. The molecule has 0 bridgehead atoms. The number of benzene rings is 1. The van der Waals surface area contributed by atoms with Crippen molar-refractivity contribution < 1.29 is 4.74 Å². The molecule has 0 radical (unpaired) electrons. The molecule has 3 N–H and O–H groups in total. The molecule has 1 heterocycles. The summed E-state index contributed by atoms with van der Waals surface area (Å²) in [4.78, 5) is 4.22. The Morgan fingerprint density at radius 2 is 1.95 bits per heavy atom. The van der Waals surface area contributed by atoms with Gasteiger partial charge in [0.05, 0.1) is 23.5 Å². The minimum Gasteiger partial charge on any atom is -0.481 e. The number of hydrogen-bond donors (Lipinski definition) is 2. The van der Waals surface area contributed by atoms with E-state index >= 15 is 0 Å². The summed E-state index contributed by atoms with van der Waals surface area (Å²) in [6, 6.07) is 6.91. The monoisotopic (exact) mass is 297 g/mol. The number of pyridine rings is 1. The molecule has 2 aromatic rings. The Bertz CT molecular complexity index is 617. The zero-order valence-electron chi connectivity index (χ0n) is 10.5. The van der Waals surface area contributed by atoms with Gasteiger partial charge in [0.1, 0.15) is 0 Å². The lowest BCUT2D eigenvalue weighted by Gasteiger charge is -2.12. The van der Waals surface area contributed by atoms with Crippen LogP contribution < -0.4 is 15.8 Å². The standard InChI is InChI=1S/C13H13Cl2N3O/c1-7-5-9(15)11(6-8(7)14)17-13-10(16)3-4-12(18-13)19-2/h3-6H,16H2,1-2H3,(H,17,18). The van der Waals surface area contributed by atoms with Crippen LogP contribution in [0.5, 0.6) is 5.88 Å². The number of methoxy groups -OCH3 is 1. The fourth-order valence-electron chi connectivity index (χ4n) is 1.54. The van der Waals surface area contributed by atoms with Crippen molar-refractivity contribution in [1.82, 2.24) is 4.98 Å². The first-order valence-corrected chi connectivity index (χ1v) is 6.30. The SMILES string of the molecule is COc1ccc(N)c(Nc2cc(Cl)c(C)cc2Cl)n1. The average Bonchev–Trinajstić information content (AvgIpc) is 2.38. The number of nitrogens with zero attached hydrogens (tertiary/aromatic N) is 1. The third-order valence-electron chi connectivity index (χ3n) is 2.61. The van der Waals surface area contributed by atoms with E-state index < -0.39 is 0 Å². The Balaban J connectivity index is 2.38. The zero-order valence-corrected chi connectivity index (χ0v) is 12.0. The molecule has 0 aliphatic heterocycles. The van der Waals surface area contributed by atoms with Gasteiger partial charge in [0.15, 0.2) is 5.82 Å². The number of anilines is 3. The van der Waals surface area contributed by atoms with Gasteiger partial charge in [-0.25, -0.2) is 0 Å². The van der Waals surface area contributed by atoms with E-state index in [1.807, 2.05) is 6.92 Å². The maximum atomic E-state index is 6.16. The highest BCUT2D eigenvalue weighted by Gasteiger charge is 2.08. The van der Waals surface area contributed by atoms with Crippen LogP contribution in [-0.2, 0) is 0 Å². The van der Waals surface area contributed by atoms with Crippen LogP contribution in [0.1, 0.15) is 5.56 Å². The van der Waals surface area contributed by atoms with E-state index in [-0.39, 0.29) is 0 Å². The van der Waals surface area contributed by atoms with Crippen molar-refractivity contribution in [2.45, 2.75) is 6.92 Å². The van der Waals surface area contributed by atoms with Gasteiger partial charge in [-0.3, -0.25) is 0 Å². The fraction of sp³-hybridized carbons (Fsp3) is 0.154. The predicted molar refractivity (Wildman–Crippen MR) is 79.7 cm³/mol. The van der Waals surface area contributed by atoms with Crippen LogP contribution in [0.3, 0.4) is 0 Å². The maximum absolute atomic E-state index is 6.16. The molecule has 0 aliphatic rings. The second-order valence-electron chi connectivity index (χ2n) is 4.00. The molecular formula is C13H13Cl2N3O. The first kappa shape index (κ1) is 13.8. The number of halogens is 2. The highest BCUT2D eigenvalue weighted by atomic mass is 35.5. The van der Waals surface area contributed by atoms with Gasteiger partial charge in [-0.15, -0.1) is 0 Å². The van der Waals surface area contributed by atoms with Crippen molar-refractivity contribution >= 4 is 40.4 Å². The molecule has 19 heavy (non-hydrogen) atoms. The smallest absolute Gasteiger partial charge is 0.215 e. The molecule has 0 amide bonds. The molecule has 100 valence electrons. The molecule has 4 nitrogen and oxygen atoms in total. The Morgan fingerprint density at radius 3 is 2.63 bits per heavy atom. The third-order valence-corrected chi connectivity index (χ3v) is 3.33. The lowest BCUT2D eigenvalue weighted by molar-refractivity contribution is 0.398. The number of nitrogens with two attached hydrogens (primary N) is 1. The topological polar surface area (TPSA) is 60.2 Å². The first-order chi connectivity index (χ1) is 9.01. The van der Waals surface area contributed by atoms with Crippen molar-refractivity contribution in [3.05, 3.63) is 39.9 Å². The second kappa shape index (κ2) is 5.55. The van der Waals surface area contributed by atoms with Gasteiger partial charge in [0.25, 0.3) is 0 Å². The highest BCUT2D eigenvalue weighted by Crippen LogP contribution is 2.32. The summed E-state index contributed by atoms with van der Waals surface area (Å²) in [5.74, 6) is 0.937. The number of rotatable bonds is 3. The van der Waals surface area contributed by atoms with Crippen LogP contribution in [0, 0.1) is 6.92 Å². The van der Waals surface area contributed by atoms with Crippen LogP contribution in [0.2, 0.25) is 10.0 Å². The summed E-state index contributed by atoms with van der Waals surface area (Å²) in [5.41, 5.74) is 7.90. The van der Waals surface area contributed by atoms with Gasteiger partial charge in [-0.1, -0.05) is 23.2 Å². The molecule has 1 aromatic carbocycles. The molecular weight excluding hydrogens is 285 g/mol. The van der Waals surface area contributed by atoms with E-state index in [0.717, 1.165) is 5.56 Å². The van der Waals surface area contributed by atoms with E-state index in [4.69, 9.17) is 33.7 Å². The van der Waals surface area contributed by atoms with Crippen LogP contribution >= 0.6 is 23.2 Å². The van der Waals surface area contributed by atoms with E-state index in [0.29, 0.717) is 33.1 Å². The Kier molecular flexibility index (Phi) is 4.02. The molecule has 0 aliphatic carbocycles. The van der Waals surface area contributed by atoms with Crippen LogP contribution in [0.25, 0.3) is 0 Å². The number of aryl methyl sites for hydroxylation is 1. The second-order valence-corrected chi connectivity index (χ2v) is 4.81. The normalized spacial score (nSPS) is 10.3.